The zero-order valence-corrected chi connectivity index (χ0v) is 9.14. The number of hydrogen-bond donors (Lipinski definition) is 2. The summed E-state index contributed by atoms with van der Waals surface area (Å²) in [7, 11) is 0. The summed E-state index contributed by atoms with van der Waals surface area (Å²) >= 11 is 0. The van der Waals surface area contributed by atoms with Crippen molar-refractivity contribution in [2.24, 2.45) is 0 Å². The second kappa shape index (κ2) is 3.56. The van der Waals surface area contributed by atoms with E-state index in [0.29, 0.717) is 17.8 Å². The lowest BCUT2D eigenvalue weighted by molar-refractivity contribution is -0.112. The number of anilines is 2. The number of rotatable bonds is 1. The Morgan fingerprint density at radius 1 is 1.35 bits per heavy atom. The molecule has 1 aromatic rings. The van der Waals surface area contributed by atoms with E-state index in [-0.39, 0.29) is 6.10 Å². The summed E-state index contributed by atoms with van der Waals surface area (Å²) in [6.45, 7) is 1.39. The summed E-state index contributed by atoms with van der Waals surface area (Å²) in [5.74, 6) is -1.05. The molecule has 1 saturated heterocycles. The highest BCUT2D eigenvalue weighted by Gasteiger charge is 2.29. The molecule has 5 heteroatoms. The second-order valence-corrected chi connectivity index (χ2v) is 4.40. The van der Waals surface area contributed by atoms with Gasteiger partial charge in [0.25, 0.3) is 11.7 Å². The third-order valence-corrected chi connectivity index (χ3v) is 3.23. The smallest absolute Gasteiger partial charge is 0.296 e. The molecule has 0 spiro atoms. The number of carbonyl (C=O) groups is 2. The van der Waals surface area contributed by atoms with E-state index in [1.54, 1.807) is 12.1 Å². The van der Waals surface area contributed by atoms with Crippen LogP contribution in [0.3, 0.4) is 0 Å². The van der Waals surface area contributed by atoms with Crippen molar-refractivity contribution in [1.82, 2.24) is 0 Å². The first-order valence-corrected chi connectivity index (χ1v) is 5.58. The standard InChI is InChI=1S/C12H12N2O3/c15-8-3-4-14(6-8)7-1-2-9-10(5-7)13-12(17)11(9)16/h1-2,5,8,15H,3-4,6H2,(H,13,16,17). The first-order valence-electron chi connectivity index (χ1n) is 5.58. The minimum Gasteiger partial charge on any atom is -0.391 e. The average molecular weight is 232 g/mol. The van der Waals surface area contributed by atoms with Crippen molar-refractivity contribution in [3.05, 3.63) is 23.8 Å². The van der Waals surface area contributed by atoms with Crippen LogP contribution in [0.2, 0.25) is 0 Å². The van der Waals surface area contributed by atoms with E-state index in [2.05, 4.69) is 5.32 Å². The number of nitrogens with zero attached hydrogens (tertiary/aromatic N) is 1. The molecule has 1 aromatic carbocycles. The van der Waals surface area contributed by atoms with Gasteiger partial charge in [-0.15, -0.1) is 0 Å². The van der Waals surface area contributed by atoms with Crippen molar-refractivity contribution in [2.45, 2.75) is 12.5 Å². The number of hydrogen-bond acceptors (Lipinski definition) is 4. The highest BCUT2D eigenvalue weighted by molar-refractivity contribution is 6.51. The lowest BCUT2D eigenvalue weighted by atomic mass is 10.1. The molecule has 1 fully saturated rings. The van der Waals surface area contributed by atoms with Gasteiger partial charge < -0.3 is 15.3 Å². The molecule has 2 N–H and O–H groups in total. The highest BCUT2D eigenvalue weighted by atomic mass is 16.3. The summed E-state index contributed by atoms with van der Waals surface area (Å²) in [6, 6.07) is 5.26. The number of amides is 1. The van der Waals surface area contributed by atoms with E-state index < -0.39 is 11.7 Å². The fourth-order valence-electron chi connectivity index (χ4n) is 2.31. The minimum atomic E-state index is -0.571. The van der Waals surface area contributed by atoms with Crippen molar-refractivity contribution >= 4 is 23.1 Å². The molecule has 1 atom stereocenters. The maximum atomic E-state index is 11.4. The molecule has 5 nitrogen and oxygen atoms in total. The Kier molecular flexibility index (Phi) is 2.16. The zero-order chi connectivity index (χ0) is 12.0. The van der Waals surface area contributed by atoms with Crippen LogP contribution < -0.4 is 10.2 Å². The van der Waals surface area contributed by atoms with Gasteiger partial charge in [0.2, 0.25) is 0 Å². The Morgan fingerprint density at radius 2 is 2.18 bits per heavy atom. The van der Waals surface area contributed by atoms with Gasteiger partial charge in [-0.05, 0) is 24.6 Å². The fraction of sp³-hybridized carbons (Fsp3) is 0.333. The van der Waals surface area contributed by atoms with Crippen molar-refractivity contribution in [3.8, 4) is 0 Å². The number of Topliss-reactive ketones (excluding diaryl/α,β-unsaturated/α-hetero) is 1. The van der Waals surface area contributed by atoms with E-state index in [0.717, 1.165) is 18.7 Å². The first-order chi connectivity index (χ1) is 8.15. The molecule has 0 saturated carbocycles. The predicted molar refractivity (Wildman–Crippen MR) is 62.2 cm³/mol. The van der Waals surface area contributed by atoms with Crippen LogP contribution in [0.5, 0.6) is 0 Å². The Bertz CT molecular complexity index is 512. The largest absolute Gasteiger partial charge is 0.391 e. The van der Waals surface area contributed by atoms with E-state index in [9.17, 15) is 14.7 Å². The van der Waals surface area contributed by atoms with Crippen LogP contribution in [0.4, 0.5) is 11.4 Å². The number of benzene rings is 1. The lowest BCUT2D eigenvalue weighted by Gasteiger charge is -2.18. The van der Waals surface area contributed by atoms with Crippen LogP contribution in [0, 0.1) is 0 Å². The molecule has 88 valence electrons. The fourth-order valence-corrected chi connectivity index (χ4v) is 2.31. The number of β-amino-alcohol motifs (C(OH)–C–C–N with tert-alkyl or cyclic N) is 1. The Labute approximate surface area is 98.0 Å². The number of aliphatic hydroxyl groups is 1. The van der Waals surface area contributed by atoms with E-state index in [4.69, 9.17) is 0 Å². The molecule has 1 amide bonds. The molecular weight excluding hydrogens is 220 g/mol. The Balaban J connectivity index is 1.93. The summed E-state index contributed by atoms with van der Waals surface area (Å²) < 4.78 is 0. The number of aliphatic hydroxyl groups excluding tert-OH is 1. The Hall–Kier alpha value is -1.88. The summed E-state index contributed by atoms with van der Waals surface area (Å²) in [5, 5.41) is 12.0. The van der Waals surface area contributed by atoms with Crippen LogP contribution in [0.1, 0.15) is 16.8 Å². The van der Waals surface area contributed by atoms with Crippen LogP contribution in [0.25, 0.3) is 0 Å². The van der Waals surface area contributed by atoms with Crippen LogP contribution in [-0.4, -0.2) is 36.0 Å². The molecule has 3 rings (SSSR count). The molecule has 0 aromatic heterocycles. The van der Waals surface area contributed by atoms with Gasteiger partial charge in [-0.2, -0.15) is 0 Å². The predicted octanol–water partition coefficient (Wildman–Crippen LogP) is 0.392. The highest BCUT2D eigenvalue weighted by Crippen LogP contribution is 2.29. The van der Waals surface area contributed by atoms with Gasteiger partial charge in [-0.1, -0.05) is 0 Å². The number of carbonyl (C=O) groups excluding carboxylic acids is 2. The molecule has 2 heterocycles. The van der Waals surface area contributed by atoms with Crippen LogP contribution in [-0.2, 0) is 4.79 Å². The normalized spacial score (nSPS) is 22.9. The van der Waals surface area contributed by atoms with Gasteiger partial charge in [-0.25, -0.2) is 0 Å². The molecule has 17 heavy (non-hydrogen) atoms. The van der Waals surface area contributed by atoms with Gasteiger partial charge in [-0.3, -0.25) is 9.59 Å². The quantitative estimate of drug-likeness (QED) is 0.687. The average Bonchev–Trinajstić information content (AvgIpc) is 2.85. The maximum absolute atomic E-state index is 11.4. The van der Waals surface area contributed by atoms with Gasteiger partial charge in [0.05, 0.1) is 17.4 Å². The first kappa shape index (κ1) is 10.3. The van der Waals surface area contributed by atoms with Crippen molar-refractivity contribution in [3.63, 3.8) is 0 Å². The second-order valence-electron chi connectivity index (χ2n) is 4.40. The molecule has 1 unspecified atom stereocenters. The summed E-state index contributed by atoms with van der Waals surface area (Å²) in [5.41, 5.74) is 1.92. The lowest BCUT2D eigenvalue weighted by Crippen LogP contribution is -2.21. The number of ketones is 1. The molecule has 0 aliphatic carbocycles. The topological polar surface area (TPSA) is 69.6 Å². The third kappa shape index (κ3) is 1.59. The van der Waals surface area contributed by atoms with Gasteiger partial charge in [0.1, 0.15) is 0 Å². The van der Waals surface area contributed by atoms with E-state index >= 15 is 0 Å². The van der Waals surface area contributed by atoms with Gasteiger partial charge in [0, 0.05) is 18.8 Å². The van der Waals surface area contributed by atoms with Crippen molar-refractivity contribution < 1.29 is 14.7 Å². The van der Waals surface area contributed by atoms with Crippen LogP contribution >= 0.6 is 0 Å². The SMILES string of the molecule is O=C1Nc2cc(N3CCC(O)C3)ccc2C1=O. The monoisotopic (exact) mass is 232 g/mol. The number of fused-ring (bicyclic) bond motifs is 1. The minimum absolute atomic E-state index is 0.292. The third-order valence-electron chi connectivity index (χ3n) is 3.23. The van der Waals surface area contributed by atoms with Crippen molar-refractivity contribution in [2.75, 3.05) is 23.3 Å². The van der Waals surface area contributed by atoms with Gasteiger partial charge >= 0.3 is 0 Å². The van der Waals surface area contributed by atoms with Gasteiger partial charge in [0.15, 0.2) is 0 Å². The Morgan fingerprint density at radius 3 is 2.88 bits per heavy atom. The van der Waals surface area contributed by atoms with Crippen LogP contribution in [0.15, 0.2) is 18.2 Å². The van der Waals surface area contributed by atoms with E-state index in [1.807, 2.05) is 11.0 Å². The molecule has 2 aliphatic heterocycles. The molecule has 2 aliphatic rings. The summed E-state index contributed by atoms with van der Waals surface area (Å²) in [6.07, 6.45) is 0.460. The zero-order valence-electron chi connectivity index (χ0n) is 9.14. The maximum Gasteiger partial charge on any atom is 0.296 e. The molecule has 0 bridgehead atoms. The summed E-state index contributed by atoms with van der Waals surface area (Å²) in [4.78, 5) is 24.7. The molecule has 0 radical (unpaired) electrons. The van der Waals surface area contributed by atoms with Crippen molar-refractivity contribution in [1.29, 1.82) is 0 Å². The number of nitrogens with one attached hydrogen (secondary N) is 1. The van der Waals surface area contributed by atoms with E-state index in [1.165, 1.54) is 0 Å². The molecular formula is C12H12N2O3.